The number of rotatable bonds is 2. The van der Waals surface area contributed by atoms with Crippen LogP contribution < -0.4 is 0 Å². The molecule has 1 heterocycles. The van der Waals surface area contributed by atoms with Gasteiger partial charge in [-0.1, -0.05) is 20.8 Å². The second-order valence-electron chi connectivity index (χ2n) is 4.34. The molecule has 2 atom stereocenters. The maximum absolute atomic E-state index is 11.8. The lowest BCUT2D eigenvalue weighted by atomic mass is 9.98. The summed E-state index contributed by atoms with van der Waals surface area (Å²) in [5, 5.41) is 0. The molecule has 0 saturated carbocycles. The molecule has 0 N–H and O–H groups in total. The Morgan fingerprint density at radius 1 is 1.62 bits per heavy atom. The lowest BCUT2D eigenvalue weighted by Crippen LogP contribution is -2.41. The summed E-state index contributed by atoms with van der Waals surface area (Å²) >= 11 is 0. The normalized spacial score (nSPS) is 25.8. The van der Waals surface area contributed by atoms with Crippen molar-refractivity contribution in [2.45, 2.75) is 40.0 Å². The molecule has 1 saturated heterocycles. The number of likely N-dealkylation sites (tertiary alicyclic amines) is 1. The first kappa shape index (κ1) is 10.6. The van der Waals surface area contributed by atoms with Gasteiger partial charge in [-0.3, -0.25) is 4.79 Å². The molecule has 2 heteroatoms. The molecule has 1 aliphatic heterocycles. The smallest absolute Gasteiger partial charge is 0.225 e. The van der Waals surface area contributed by atoms with Crippen LogP contribution in [0.4, 0.5) is 0 Å². The minimum Gasteiger partial charge on any atom is -0.342 e. The summed E-state index contributed by atoms with van der Waals surface area (Å²) in [6.45, 7) is 8.30. The van der Waals surface area contributed by atoms with Gasteiger partial charge < -0.3 is 4.90 Å². The van der Waals surface area contributed by atoms with E-state index < -0.39 is 0 Å². The average Bonchev–Trinajstić information content (AvgIpc) is 2.15. The minimum absolute atomic E-state index is 0.213. The predicted molar refractivity (Wildman–Crippen MR) is 54.4 cm³/mol. The molecule has 0 spiro atoms. The Morgan fingerprint density at radius 3 is 2.85 bits per heavy atom. The highest BCUT2D eigenvalue weighted by atomic mass is 16.2. The van der Waals surface area contributed by atoms with E-state index in [2.05, 4.69) is 13.8 Å². The van der Waals surface area contributed by atoms with Gasteiger partial charge in [-0.25, -0.2) is 0 Å². The van der Waals surface area contributed by atoms with Gasteiger partial charge in [0.2, 0.25) is 5.91 Å². The zero-order chi connectivity index (χ0) is 9.84. The zero-order valence-electron chi connectivity index (χ0n) is 9.05. The van der Waals surface area contributed by atoms with Crippen LogP contribution in [-0.2, 0) is 4.79 Å². The predicted octanol–water partition coefficient (Wildman–Crippen LogP) is 2.29. The molecular weight excluding hydrogens is 162 g/mol. The van der Waals surface area contributed by atoms with Crippen molar-refractivity contribution in [3.8, 4) is 0 Å². The van der Waals surface area contributed by atoms with E-state index in [0.29, 0.717) is 11.8 Å². The van der Waals surface area contributed by atoms with Gasteiger partial charge >= 0.3 is 0 Å². The van der Waals surface area contributed by atoms with E-state index in [-0.39, 0.29) is 5.92 Å². The van der Waals surface area contributed by atoms with Crippen molar-refractivity contribution < 1.29 is 4.79 Å². The van der Waals surface area contributed by atoms with E-state index >= 15 is 0 Å². The SMILES string of the molecule is CCC(C)C(=O)N1CCCC(C)C1. The summed E-state index contributed by atoms with van der Waals surface area (Å²) in [6.07, 6.45) is 3.43. The molecule has 1 aliphatic rings. The second-order valence-corrected chi connectivity index (χ2v) is 4.34. The van der Waals surface area contributed by atoms with Crippen LogP contribution in [0.2, 0.25) is 0 Å². The number of piperidine rings is 1. The summed E-state index contributed by atoms with van der Waals surface area (Å²) in [7, 11) is 0. The number of hydrogen-bond acceptors (Lipinski definition) is 1. The van der Waals surface area contributed by atoms with E-state index in [1.807, 2.05) is 11.8 Å². The van der Waals surface area contributed by atoms with Gasteiger partial charge in [-0.05, 0) is 25.2 Å². The van der Waals surface area contributed by atoms with E-state index in [4.69, 9.17) is 0 Å². The molecule has 0 aromatic rings. The summed E-state index contributed by atoms with van der Waals surface area (Å²) in [6, 6.07) is 0. The number of amides is 1. The summed E-state index contributed by atoms with van der Waals surface area (Å²) in [5.41, 5.74) is 0. The minimum atomic E-state index is 0.213. The fourth-order valence-corrected chi connectivity index (χ4v) is 1.88. The van der Waals surface area contributed by atoms with Crippen LogP contribution in [0.3, 0.4) is 0 Å². The van der Waals surface area contributed by atoms with Crippen LogP contribution in [0.25, 0.3) is 0 Å². The highest BCUT2D eigenvalue weighted by molar-refractivity contribution is 5.78. The molecule has 13 heavy (non-hydrogen) atoms. The van der Waals surface area contributed by atoms with E-state index in [0.717, 1.165) is 19.5 Å². The van der Waals surface area contributed by atoms with Crippen molar-refractivity contribution in [2.24, 2.45) is 11.8 Å². The van der Waals surface area contributed by atoms with Crippen LogP contribution >= 0.6 is 0 Å². The van der Waals surface area contributed by atoms with Crippen molar-refractivity contribution >= 4 is 5.91 Å². The Labute approximate surface area is 81.3 Å². The van der Waals surface area contributed by atoms with Crippen LogP contribution in [0.5, 0.6) is 0 Å². The molecule has 0 radical (unpaired) electrons. The van der Waals surface area contributed by atoms with E-state index in [1.54, 1.807) is 0 Å². The molecular formula is C11H21NO. The monoisotopic (exact) mass is 183 g/mol. The molecule has 0 aromatic carbocycles. The molecule has 76 valence electrons. The third-order valence-corrected chi connectivity index (χ3v) is 3.00. The molecule has 1 fully saturated rings. The molecule has 0 bridgehead atoms. The standard InChI is InChI=1S/C11H21NO/c1-4-10(3)11(13)12-7-5-6-9(2)8-12/h9-10H,4-8H2,1-3H3. The fourth-order valence-electron chi connectivity index (χ4n) is 1.88. The largest absolute Gasteiger partial charge is 0.342 e. The molecule has 0 aromatic heterocycles. The van der Waals surface area contributed by atoms with Crippen molar-refractivity contribution in [1.82, 2.24) is 4.90 Å². The van der Waals surface area contributed by atoms with Gasteiger partial charge in [0.1, 0.15) is 0 Å². The van der Waals surface area contributed by atoms with Crippen LogP contribution in [-0.4, -0.2) is 23.9 Å². The number of carbonyl (C=O) groups is 1. The highest BCUT2D eigenvalue weighted by Crippen LogP contribution is 2.18. The van der Waals surface area contributed by atoms with Crippen molar-refractivity contribution in [3.63, 3.8) is 0 Å². The topological polar surface area (TPSA) is 20.3 Å². The highest BCUT2D eigenvalue weighted by Gasteiger charge is 2.23. The number of carbonyl (C=O) groups excluding carboxylic acids is 1. The van der Waals surface area contributed by atoms with Gasteiger partial charge in [-0.15, -0.1) is 0 Å². The van der Waals surface area contributed by atoms with Crippen molar-refractivity contribution in [1.29, 1.82) is 0 Å². The molecule has 0 aliphatic carbocycles. The molecule has 1 rings (SSSR count). The van der Waals surface area contributed by atoms with Gasteiger partial charge in [0.25, 0.3) is 0 Å². The third-order valence-electron chi connectivity index (χ3n) is 3.00. The first-order valence-electron chi connectivity index (χ1n) is 5.44. The molecule has 1 amide bonds. The Morgan fingerprint density at radius 2 is 2.31 bits per heavy atom. The maximum Gasteiger partial charge on any atom is 0.225 e. The van der Waals surface area contributed by atoms with Crippen molar-refractivity contribution in [2.75, 3.05) is 13.1 Å². The Hall–Kier alpha value is -0.530. The quantitative estimate of drug-likeness (QED) is 0.643. The molecule has 2 unspecified atom stereocenters. The van der Waals surface area contributed by atoms with E-state index in [9.17, 15) is 4.79 Å². The number of nitrogens with zero attached hydrogens (tertiary/aromatic N) is 1. The Kier molecular flexibility index (Phi) is 3.76. The summed E-state index contributed by atoms with van der Waals surface area (Å²) < 4.78 is 0. The zero-order valence-corrected chi connectivity index (χ0v) is 9.05. The maximum atomic E-state index is 11.8. The Balaban J connectivity index is 2.46. The fraction of sp³-hybridized carbons (Fsp3) is 0.909. The van der Waals surface area contributed by atoms with Gasteiger partial charge in [0, 0.05) is 19.0 Å². The summed E-state index contributed by atoms with van der Waals surface area (Å²) in [4.78, 5) is 13.8. The summed E-state index contributed by atoms with van der Waals surface area (Å²) in [5.74, 6) is 1.26. The first-order chi connectivity index (χ1) is 6.15. The lowest BCUT2D eigenvalue weighted by molar-refractivity contribution is -0.136. The Bertz CT molecular complexity index is 179. The van der Waals surface area contributed by atoms with Crippen LogP contribution in [0.15, 0.2) is 0 Å². The van der Waals surface area contributed by atoms with Gasteiger partial charge in [-0.2, -0.15) is 0 Å². The van der Waals surface area contributed by atoms with E-state index in [1.165, 1.54) is 12.8 Å². The third kappa shape index (κ3) is 2.71. The number of hydrogen-bond donors (Lipinski definition) is 0. The van der Waals surface area contributed by atoms with Crippen molar-refractivity contribution in [3.05, 3.63) is 0 Å². The van der Waals surface area contributed by atoms with Crippen LogP contribution in [0, 0.1) is 11.8 Å². The average molecular weight is 183 g/mol. The second kappa shape index (κ2) is 4.64. The van der Waals surface area contributed by atoms with Gasteiger partial charge in [0.05, 0.1) is 0 Å². The first-order valence-corrected chi connectivity index (χ1v) is 5.44. The lowest BCUT2D eigenvalue weighted by Gasteiger charge is -2.32. The molecule has 2 nitrogen and oxygen atoms in total. The van der Waals surface area contributed by atoms with Gasteiger partial charge in [0.15, 0.2) is 0 Å². The van der Waals surface area contributed by atoms with Crippen LogP contribution in [0.1, 0.15) is 40.0 Å².